The van der Waals surface area contributed by atoms with E-state index >= 15 is 0 Å². The van der Waals surface area contributed by atoms with Crippen molar-refractivity contribution in [3.8, 4) is 11.1 Å². The maximum absolute atomic E-state index is 8.00. The van der Waals surface area contributed by atoms with Gasteiger partial charge in [-0.1, -0.05) is 6.07 Å². The van der Waals surface area contributed by atoms with Crippen LogP contribution in [-0.2, 0) is 11.3 Å². The summed E-state index contributed by atoms with van der Waals surface area (Å²) in [7, 11) is 0. The van der Waals surface area contributed by atoms with Crippen molar-refractivity contribution in [1.82, 2.24) is 14.8 Å². The van der Waals surface area contributed by atoms with E-state index in [2.05, 4.69) is 23.1 Å². The molecule has 0 fully saturated rings. The Labute approximate surface area is 94.9 Å². The molecule has 0 aromatic carbocycles. The molecule has 0 amide bonds. The van der Waals surface area contributed by atoms with Crippen molar-refractivity contribution in [2.24, 2.45) is 0 Å². The molecule has 0 aliphatic heterocycles. The van der Waals surface area contributed by atoms with E-state index in [1.54, 1.807) is 0 Å². The van der Waals surface area contributed by atoms with E-state index in [1.165, 1.54) is 0 Å². The van der Waals surface area contributed by atoms with Gasteiger partial charge in [0.1, 0.15) is 6.79 Å². The summed E-state index contributed by atoms with van der Waals surface area (Å²) in [5.41, 5.74) is 3.28. The molecule has 0 unspecified atom stereocenters. The highest BCUT2D eigenvalue weighted by Crippen LogP contribution is 2.17. The van der Waals surface area contributed by atoms with Gasteiger partial charge in [-0.25, -0.2) is 0 Å². The Kier molecular flexibility index (Phi) is 4.39. The molecule has 4 nitrogen and oxygen atoms in total. The first kappa shape index (κ1) is 12.1. The van der Waals surface area contributed by atoms with Crippen molar-refractivity contribution in [1.29, 1.82) is 0 Å². The molecule has 0 radical (unpaired) electrons. The molecule has 0 saturated carbocycles. The average Bonchev–Trinajstić information content (AvgIpc) is 2.81. The molecule has 0 aliphatic rings. The van der Waals surface area contributed by atoms with Crippen LogP contribution in [0.15, 0.2) is 30.7 Å². The molecule has 0 saturated heterocycles. The van der Waals surface area contributed by atoms with Crippen LogP contribution in [0.3, 0.4) is 0 Å². The summed E-state index contributed by atoms with van der Waals surface area (Å²) < 4.78 is 1.91. The second kappa shape index (κ2) is 5.80. The molecule has 16 heavy (non-hydrogen) atoms. The highest BCUT2D eigenvalue weighted by atomic mass is 16.1. The summed E-state index contributed by atoms with van der Waals surface area (Å²) in [6.07, 6.45) is 5.79. The summed E-state index contributed by atoms with van der Waals surface area (Å²) in [5.74, 6) is 0. The highest BCUT2D eigenvalue weighted by molar-refractivity contribution is 5.60. The van der Waals surface area contributed by atoms with E-state index in [0.717, 1.165) is 23.4 Å². The Hall–Kier alpha value is -1.97. The number of hydrogen-bond acceptors (Lipinski definition) is 3. The maximum atomic E-state index is 8.00. The second-order valence-corrected chi connectivity index (χ2v) is 3.27. The number of rotatable bonds is 2. The molecule has 4 heteroatoms. The third kappa shape index (κ3) is 2.76. The van der Waals surface area contributed by atoms with E-state index in [4.69, 9.17) is 4.79 Å². The number of pyridine rings is 1. The number of carbonyl (C=O) groups is 1. The van der Waals surface area contributed by atoms with Crippen LogP contribution >= 0.6 is 0 Å². The molecule has 2 aromatic rings. The number of nitrogens with zero attached hydrogens (tertiary/aromatic N) is 3. The van der Waals surface area contributed by atoms with Crippen LogP contribution in [0, 0.1) is 6.92 Å². The average molecular weight is 217 g/mol. The van der Waals surface area contributed by atoms with E-state index in [-0.39, 0.29) is 0 Å². The minimum absolute atomic E-state index is 0.902. The lowest BCUT2D eigenvalue weighted by Crippen LogP contribution is -1.92. The standard InChI is InChI=1S/C11H13N3.CH2O/c1-3-14-8-11(7-13-14)10-5-4-9(2)12-6-10;1-2/h4-8H,3H2,1-2H3;1H2. The molecule has 0 atom stereocenters. The molecule has 2 aromatic heterocycles. The Balaban J connectivity index is 0.000000606. The van der Waals surface area contributed by atoms with Crippen LogP contribution in [0.1, 0.15) is 12.6 Å². The molecular formula is C12H15N3O. The lowest BCUT2D eigenvalue weighted by Gasteiger charge is -1.96. The third-order valence-corrected chi connectivity index (χ3v) is 2.20. The van der Waals surface area contributed by atoms with Crippen LogP contribution < -0.4 is 0 Å². The van der Waals surface area contributed by atoms with E-state index < -0.39 is 0 Å². The van der Waals surface area contributed by atoms with E-state index in [9.17, 15) is 0 Å². The first-order valence-corrected chi connectivity index (χ1v) is 5.04. The van der Waals surface area contributed by atoms with Gasteiger partial charge in [0.25, 0.3) is 0 Å². The summed E-state index contributed by atoms with van der Waals surface area (Å²) in [5, 5.41) is 4.22. The van der Waals surface area contributed by atoms with Crippen LogP contribution in [0.2, 0.25) is 0 Å². The topological polar surface area (TPSA) is 47.8 Å². The number of carbonyl (C=O) groups excluding carboxylic acids is 1. The Bertz CT molecular complexity index is 434. The first-order chi connectivity index (χ1) is 7.79. The van der Waals surface area contributed by atoms with Gasteiger partial charge in [0.15, 0.2) is 0 Å². The summed E-state index contributed by atoms with van der Waals surface area (Å²) in [4.78, 5) is 12.3. The normalized spacial score (nSPS) is 9.38. The van der Waals surface area contributed by atoms with Gasteiger partial charge in [0.05, 0.1) is 6.20 Å². The van der Waals surface area contributed by atoms with Crippen molar-refractivity contribution in [2.75, 3.05) is 0 Å². The predicted octanol–water partition coefficient (Wildman–Crippen LogP) is 2.09. The van der Waals surface area contributed by atoms with Gasteiger partial charge in [-0.05, 0) is 19.9 Å². The van der Waals surface area contributed by atoms with Gasteiger partial charge < -0.3 is 4.79 Å². The van der Waals surface area contributed by atoms with Gasteiger partial charge in [-0.15, -0.1) is 0 Å². The molecule has 0 N–H and O–H groups in total. The SMILES string of the molecule is C=O.CCn1cc(-c2ccc(C)nc2)cn1. The van der Waals surface area contributed by atoms with Gasteiger partial charge in [0.2, 0.25) is 0 Å². The molecule has 0 spiro atoms. The fourth-order valence-electron chi connectivity index (χ4n) is 1.32. The zero-order valence-corrected chi connectivity index (χ0v) is 9.55. The lowest BCUT2D eigenvalue weighted by molar-refractivity contribution is -0.0979. The summed E-state index contributed by atoms with van der Waals surface area (Å²) in [6.45, 7) is 6.96. The predicted molar refractivity (Wildman–Crippen MR) is 63.0 cm³/mol. The van der Waals surface area contributed by atoms with E-state index in [0.29, 0.717) is 0 Å². The van der Waals surface area contributed by atoms with Gasteiger partial charge in [0, 0.05) is 35.8 Å². The summed E-state index contributed by atoms with van der Waals surface area (Å²) >= 11 is 0. The van der Waals surface area contributed by atoms with E-state index in [1.807, 2.05) is 43.1 Å². The van der Waals surface area contributed by atoms with Crippen molar-refractivity contribution >= 4 is 6.79 Å². The van der Waals surface area contributed by atoms with Crippen molar-refractivity contribution < 1.29 is 4.79 Å². The molecule has 84 valence electrons. The van der Waals surface area contributed by atoms with Gasteiger partial charge >= 0.3 is 0 Å². The summed E-state index contributed by atoms with van der Waals surface area (Å²) in [6, 6.07) is 4.08. The molecular weight excluding hydrogens is 202 g/mol. The number of aryl methyl sites for hydroxylation is 2. The molecule has 2 rings (SSSR count). The van der Waals surface area contributed by atoms with Crippen molar-refractivity contribution in [3.63, 3.8) is 0 Å². The second-order valence-electron chi connectivity index (χ2n) is 3.27. The minimum Gasteiger partial charge on any atom is -0.307 e. The Morgan fingerprint density at radius 1 is 1.25 bits per heavy atom. The van der Waals surface area contributed by atoms with Gasteiger partial charge in [-0.3, -0.25) is 9.67 Å². The molecule has 2 heterocycles. The third-order valence-electron chi connectivity index (χ3n) is 2.20. The molecule has 0 aliphatic carbocycles. The van der Waals surface area contributed by atoms with Crippen LogP contribution in [0.5, 0.6) is 0 Å². The fourth-order valence-corrected chi connectivity index (χ4v) is 1.32. The Morgan fingerprint density at radius 3 is 2.50 bits per heavy atom. The largest absolute Gasteiger partial charge is 0.307 e. The zero-order valence-electron chi connectivity index (χ0n) is 9.55. The zero-order chi connectivity index (χ0) is 12.0. The Morgan fingerprint density at radius 2 is 2.00 bits per heavy atom. The highest BCUT2D eigenvalue weighted by Gasteiger charge is 2.00. The molecule has 0 bridgehead atoms. The van der Waals surface area contributed by atoms with Gasteiger partial charge in [-0.2, -0.15) is 5.10 Å². The van der Waals surface area contributed by atoms with Crippen LogP contribution in [-0.4, -0.2) is 21.6 Å². The number of aromatic nitrogens is 3. The first-order valence-electron chi connectivity index (χ1n) is 5.04. The van der Waals surface area contributed by atoms with Crippen LogP contribution in [0.4, 0.5) is 0 Å². The minimum atomic E-state index is 0.902. The van der Waals surface area contributed by atoms with Crippen LogP contribution in [0.25, 0.3) is 11.1 Å². The van der Waals surface area contributed by atoms with Crippen molar-refractivity contribution in [2.45, 2.75) is 20.4 Å². The fraction of sp³-hybridized carbons (Fsp3) is 0.250. The monoisotopic (exact) mass is 217 g/mol. The number of hydrogen-bond donors (Lipinski definition) is 0. The smallest absolute Gasteiger partial charge is 0.106 e. The maximum Gasteiger partial charge on any atom is 0.106 e. The van der Waals surface area contributed by atoms with Crippen molar-refractivity contribution in [3.05, 3.63) is 36.4 Å². The quantitative estimate of drug-likeness (QED) is 0.773. The lowest BCUT2D eigenvalue weighted by atomic mass is 10.1.